The molecule has 0 atom stereocenters. The molecule has 1 aromatic heterocycles. The first-order valence-electron chi connectivity index (χ1n) is 9.83. The summed E-state index contributed by atoms with van der Waals surface area (Å²) in [5, 5.41) is 0. The number of nitrogens with zero attached hydrogens (tertiary/aromatic N) is 2. The third-order valence-electron chi connectivity index (χ3n) is 4.91. The number of hydrogen-bond acceptors (Lipinski definition) is 5. The van der Waals surface area contributed by atoms with Crippen molar-refractivity contribution in [1.82, 2.24) is 4.57 Å². The van der Waals surface area contributed by atoms with Gasteiger partial charge in [-0.25, -0.2) is 0 Å². The lowest BCUT2D eigenvalue weighted by molar-refractivity contribution is -0.112. The smallest absolute Gasteiger partial charge is 0.268 e. The lowest BCUT2D eigenvalue weighted by Crippen LogP contribution is -2.32. The van der Waals surface area contributed by atoms with Gasteiger partial charge in [-0.3, -0.25) is 19.1 Å². The van der Waals surface area contributed by atoms with Crippen LogP contribution in [-0.4, -0.2) is 14.8 Å². The maximum absolute atomic E-state index is 13.5. The molecule has 32 heavy (non-hydrogen) atoms. The quantitative estimate of drug-likeness (QED) is 0.424. The SMILES string of the molecule is O=C1/C(=c2\s/c(=C\c3ccccc3)c(=O)n2-c2ccccc2)SC(=S)N1c1ccccc1. The Hall–Kier alpha value is -3.26. The fourth-order valence-electron chi connectivity index (χ4n) is 3.44. The standard InChI is InChI=1S/C25H16N2O2S3/c28-22-20(16-17-10-4-1-5-11-17)31-24(26(22)18-12-6-2-7-13-18)21-23(29)27(25(30)32-21)19-14-8-3-9-15-19/h1-16H/b20-16-,24-21+. The molecule has 0 spiro atoms. The molecule has 0 radical (unpaired) electrons. The Labute approximate surface area is 197 Å². The van der Waals surface area contributed by atoms with Crippen LogP contribution in [0.5, 0.6) is 0 Å². The van der Waals surface area contributed by atoms with E-state index in [0.29, 0.717) is 29.8 Å². The number of hydrogen-bond donors (Lipinski definition) is 0. The van der Waals surface area contributed by atoms with Gasteiger partial charge in [-0.15, -0.1) is 11.3 Å². The number of amides is 1. The van der Waals surface area contributed by atoms with Crippen LogP contribution in [0.1, 0.15) is 5.56 Å². The van der Waals surface area contributed by atoms with Crippen LogP contribution >= 0.6 is 35.3 Å². The van der Waals surface area contributed by atoms with Crippen LogP contribution < -0.4 is 19.7 Å². The number of carbonyl (C=O) groups is 1. The zero-order chi connectivity index (χ0) is 22.1. The van der Waals surface area contributed by atoms with E-state index in [1.165, 1.54) is 28.0 Å². The Kier molecular flexibility index (Phi) is 5.61. The Balaban J connectivity index is 1.77. The van der Waals surface area contributed by atoms with Crippen molar-refractivity contribution in [1.29, 1.82) is 0 Å². The summed E-state index contributed by atoms with van der Waals surface area (Å²) in [4.78, 5) is 28.9. The van der Waals surface area contributed by atoms with Crippen LogP contribution in [0.2, 0.25) is 0 Å². The minimum absolute atomic E-state index is 0.162. The summed E-state index contributed by atoms with van der Waals surface area (Å²) in [6.45, 7) is 0. The van der Waals surface area contributed by atoms with Crippen molar-refractivity contribution in [3.63, 3.8) is 0 Å². The molecule has 1 aliphatic heterocycles. The second-order valence-electron chi connectivity index (χ2n) is 6.98. The van der Waals surface area contributed by atoms with Crippen molar-refractivity contribution in [2.24, 2.45) is 0 Å². The van der Waals surface area contributed by atoms with Crippen molar-refractivity contribution in [3.05, 3.63) is 116 Å². The third-order valence-corrected chi connectivity index (χ3v) is 7.50. The Morgan fingerprint density at radius 3 is 1.94 bits per heavy atom. The summed E-state index contributed by atoms with van der Waals surface area (Å²) in [5.41, 5.74) is 2.19. The lowest BCUT2D eigenvalue weighted by atomic mass is 10.2. The molecule has 0 N–H and O–H groups in total. The molecule has 0 bridgehead atoms. The van der Waals surface area contributed by atoms with Crippen LogP contribution in [0.3, 0.4) is 0 Å². The number of thioether (sulfide) groups is 1. The monoisotopic (exact) mass is 472 g/mol. The average Bonchev–Trinajstić information content (AvgIpc) is 3.30. The largest absolute Gasteiger partial charge is 0.273 e. The molecular weight excluding hydrogens is 456 g/mol. The van der Waals surface area contributed by atoms with Crippen LogP contribution in [0, 0.1) is 0 Å². The van der Waals surface area contributed by atoms with E-state index in [4.69, 9.17) is 12.2 Å². The number of carbonyl (C=O) groups excluding carboxylic acids is 1. The van der Waals surface area contributed by atoms with E-state index in [-0.39, 0.29) is 11.5 Å². The van der Waals surface area contributed by atoms with Gasteiger partial charge in [0.15, 0.2) is 4.32 Å². The summed E-state index contributed by atoms with van der Waals surface area (Å²) >= 11 is 8.07. The molecule has 0 unspecified atom stereocenters. The average molecular weight is 473 g/mol. The first kappa shape index (κ1) is 20.6. The number of thiocarbonyl (C=S) groups is 1. The number of benzene rings is 3. The van der Waals surface area contributed by atoms with Crippen molar-refractivity contribution in [2.75, 3.05) is 4.90 Å². The molecule has 7 heteroatoms. The van der Waals surface area contributed by atoms with Crippen molar-refractivity contribution in [3.8, 4) is 5.69 Å². The van der Waals surface area contributed by atoms with E-state index in [0.717, 1.165) is 5.56 Å². The van der Waals surface area contributed by atoms with Gasteiger partial charge in [0.05, 0.1) is 15.9 Å². The van der Waals surface area contributed by atoms with Gasteiger partial charge in [0.1, 0.15) is 9.57 Å². The van der Waals surface area contributed by atoms with Crippen LogP contribution in [0.4, 0.5) is 5.69 Å². The molecule has 1 saturated heterocycles. The highest BCUT2D eigenvalue weighted by atomic mass is 32.2. The van der Waals surface area contributed by atoms with Gasteiger partial charge in [-0.2, -0.15) is 0 Å². The van der Waals surface area contributed by atoms with E-state index < -0.39 is 0 Å². The summed E-state index contributed by atoms with van der Waals surface area (Å²) < 4.78 is 3.20. The van der Waals surface area contributed by atoms with E-state index in [9.17, 15) is 9.59 Å². The van der Waals surface area contributed by atoms with E-state index in [1.54, 1.807) is 4.57 Å². The number of anilines is 1. The van der Waals surface area contributed by atoms with Gasteiger partial charge in [-0.05, 0) is 35.9 Å². The van der Waals surface area contributed by atoms with Gasteiger partial charge in [0.2, 0.25) is 0 Å². The van der Waals surface area contributed by atoms with Crippen LogP contribution in [-0.2, 0) is 4.79 Å². The Morgan fingerprint density at radius 2 is 1.31 bits per heavy atom. The fraction of sp³-hybridized carbons (Fsp3) is 0. The van der Waals surface area contributed by atoms with Gasteiger partial charge in [0, 0.05) is 0 Å². The number of thiazole rings is 1. The predicted octanol–water partition coefficient (Wildman–Crippen LogP) is 3.90. The molecule has 1 fully saturated rings. The van der Waals surface area contributed by atoms with E-state index >= 15 is 0 Å². The molecule has 5 rings (SSSR count). The second kappa shape index (κ2) is 8.70. The minimum Gasteiger partial charge on any atom is -0.268 e. The maximum atomic E-state index is 13.5. The minimum atomic E-state index is -0.219. The molecule has 0 aliphatic carbocycles. The molecule has 2 heterocycles. The van der Waals surface area contributed by atoms with Crippen LogP contribution in [0.25, 0.3) is 16.7 Å². The molecule has 0 saturated carbocycles. The summed E-state index contributed by atoms with van der Waals surface area (Å²) in [7, 11) is 0. The van der Waals surface area contributed by atoms with Gasteiger partial charge < -0.3 is 0 Å². The second-order valence-corrected chi connectivity index (χ2v) is 9.65. The molecule has 4 nitrogen and oxygen atoms in total. The Morgan fingerprint density at radius 1 is 0.750 bits per heavy atom. The molecule has 156 valence electrons. The number of para-hydroxylation sites is 2. The van der Waals surface area contributed by atoms with Crippen molar-refractivity contribution in [2.45, 2.75) is 0 Å². The molecule has 3 aromatic carbocycles. The number of rotatable bonds is 3. The number of aromatic nitrogens is 1. The van der Waals surface area contributed by atoms with E-state index in [1.807, 2.05) is 97.1 Å². The molecule has 1 aliphatic rings. The van der Waals surface area contributed by atoms with Crippen molar-refractivity contribution < 1.29 is 4.79 Å². The van der Waals surface area contributed by atoms with Crippen molar-refractivity contribution >= 4 is 62.2 Å². The lowest BCUT2D eigenvalue weighted by Gasteiger charge is -2.13. The third kappa shape index (κ3) is 3.75. The first-order valence-corrected chi connectivity index (χ1v) is 11.9. The van der Waals surface area contributed by atoms with E-state index in [2.05, 4.69) is 0 Å². The Bertz CT molecular complexity index is 1490. The van der Waals surface area contributed by atoms with Gasteiger partial charge in [0.25, 0.3) is 11.5 Å². The normalized spacial score (nSPS) is 16.1. The predicted molar refractivity (Wildman–Crippen MR) is 137 cm³/mol. The highest BCUT2D eigenvalue weighted by Crippen LogP contribution is 2.35. The highest BCUT2D eigenvalue weighted by molar-refractivity contribution is 8.31. The maximum Gasteiger partial charge on any atom is 0.273 e. The molecule has 1 amide bonds. The van der Waals surface area contributed by atoms with Crippen LogP contribution in [0.15, 0.2) is 95.8 Å². The zero-order valence-electron chi connectivity index (χ0n) is 16.7. The highest BCUT2D eigenvalue weighted by Gasteiger charge is 2.35. The molecular formula is C25H16N2O2S3. The summed E-state index contributed by atoms with van der Waals surface area (Å²) in [6, 6.07) is 28.4. The topological polar surface area (TPSA) is 42.3 Å². The van der Waals surface area contributed by atoms with Gasteiger partial charge in [-0.1, -0.05) is 90.7 Å². The summed E-state index contributed by atoms with van der Waals surface area (Å²) in [6.07, 6.45) is 1.86. The first-order chi connectivity index (χ1) is 15.6. The fourth-order valence-corrected chi connectivity index (χ4v) is 5.98. The van der Waals surface area contributed by atoms with Gasteiger partial charge >= 0.3 is 0 Å². The summed E-state index contributed by atoms with van der Waals surface area (Å²) in [5.74, 6) is -0.219. The molecule has 4 aromatic rings. The zero-order valence-corrected chi connectivity index (χ0v) is 19.1.